The predicted molar refractivity (Wildman–Crippen MR) is 218 cm³/mol. The van der Waals surface area contributed by atoms with Crippen LogP contribution < -0.4 is 14.4 Å². The Balaban J connectivity index is 1.16. The van der Waals surface area contributed by atoms with Gasteiger partial charge in [0, 0.05) is 64.9 Å². The van der Waals surface area contributed by atoms with Crippen molar-refractivity contribution in [2.24, 2.45) is 0 Å². The quantitative estimate of drug-likeness (QED) is 0.185. The van der Waals surface area contributed by atoms with Crippen LogP contribution in [-0.2, 0) is 6.61 Å². The molecule has 0 amide bonds. The summed E-state index contributed by atoms with van der Waals surface area (Å²) >= 11 is 1.82. The van der Waals surface area contributed by atoms with Crippen molar-refractivity contribution in [1.29, 1.82) is 0 Å². The summed E-state index contributed by atoms with van der Waals surface area (Å²) in [6, 6.07) is 29.4. The number of rotatable bonds is 10. The van der Waals surface area contributed by atoms with E-state index in [9.17, 15) is 0 Å². The summed E-state index contributed by atoms with van der Waals surface area (Å²) in [7, 11) is 18.9. The first-order chi connectivity index (χ1) is 21.8. The van der Waals surface area contributed by atoms with Gasteiger partial charge in [-0.05, 0) is 52.7 Å². The maximum Gasteiger partial charge on any atom is 0.214 e. The Bertz CT molecular complexity index is 1830. The van der Waals surface area contributed by atoms with Crippen LogP contribution in [-0.4, -0.2) is 110 Å². The minimum atomic E-state index is -0.473. The molecule has 1 fully saturated rings. The fraction of sp³-hybridized carbons (Fsp3) is 0.281. The highest BCUT2D eigenvalue weighted by atomic mass is 32.1. The second-order valence-electron chi connectivity index (χ2n) is 14.8. The molecule has 0 radical (unpaired) electrons. The second kappa shape index (κ2) is 12.5. The van der Waals surface area contributed by atoms with Crippen molar-refractivity contribution in [3.63, 3.8) is 0 Å². The summed E-state index contributed by atoms with van der Waals surface area (Å²) in [6.07, 6.45) is 0. The zero-order valence-electron chi connectivity index (χ0n) is 28.8. The molecule has 2 aromatic heterocycles. The highest BCUT2D eigenvalue weighted by Crippen LogP contribution is 2.55. The lowest BCUT2D eigenvalue weighted by Gasteiger charge is -2.63. The van der Waals surface area contributed by atoms with Gasteiger partial charge in [-0.2, -0.15) is 0 Å². The first-order valence-electron chi connectivity index (χ1n) is 16.5. The molecule has 0 spiro atoms. The molecule has 3 heterocycles. The van der Waals surface area contributed by atoms with Crippen LogP contribution in [0.25, 0.3) is 21.0 Å². The molecule has 5 aromatic rings. The smallest absolute Gasteiger partial charge is 0.214 e. The lowest BCUT2D eigenvalue weighted by Crippen LogP contribution is -2.70. The second-order valence-corrected chi connectivity index (χ2v) is 15.7. The third-order valence-electron chi connectivity index (χ3n) is 11.7. The van der Waals surface area contributed by atoms with Crippen molar-refractivity contribution in [3.05, 3.63) is 95.9 Å². The van der Waals surface area contributed by atoms with Gasteiger partial charge in [0.05, 0.1) is 21.2 Å². The van der Waals surface area contributed by atoms with Gasteiger partial charge in [0.15, 0.2) is 0 Å². The van der Waals surface area contributed by atoms with Crippen molar-refractivity contribution in [3.8, 4) is 11.6 Å². The summed E-state index contributed by atoms with van der Waals surface area (Å²) in [5, 5.41) is 3.79. The minimum Gasteiger partial charge on any atom is -0.506 e. The van der Waals surface area contributed by atoms with Gasteiger partial charge in [0.25, 0.3) is 0 Å². The van der Waals surface area contributed by atoms with E-state index in [2.05, 4.69) is 133 Å². The highest BCUT2D eigenvalue weighted by Gasteiger charge is 2.56. The van der Waals surface area contributed by atoms with Crippen LogP contribution in [0.2, 0.25) is 10.4 Å². The molecule has 1 saturated heterocycles. The topological polar surface area (TPSA) is 37.8 Å². The monoisotopic (exact) mass is 619 g/mol. The van der Waals surface area contributed by atoms with Gasteiger partial charge >= 0.3 is 0 Å². The number of pyridine rings is 1. The van der Waals surface area contributed by atoms with Crippen LogP contribution in [0.15, 0.2) is 90.3 Å². The molecular weight excluding hydrogens is 577 g/mol. The van der Waals surface area contributed by atoms with E-state index in [1.54, 1.807) is 0 Å². The molecular formula is C32H41B8N3O2S. The molecule has 0 aliphatic carbocycles. The van der Waals surface area contributed by atoms with Crippen LogP contribution in [0.3, 0.4) is 0 Å². The molecule has 0 unspecified atom stereocenters. The van der Waals surface area contributed by atoms with E-state index in [0.717, 1.165) is 48.4 Å². The number of aromatic nitrogens is 1. The SMILES string of the molecule is BC(B)(Oc1ccc2ccc(OCc3ccccc3)nc2c1)C(B)(B)C(B)(B)C(B)(B)N1CCN(c2cccc3sccc23)CC1. The molecule has 0 N–H and O–H groups in total. The van der Waals surface area contributed by atoms with Gasteiger partial charge in [-0.15, -0.1) is 11.3 Å². The Hall–Kier alpha value is -3.09. The summed E-state index contributed by atoms with van der Waals surface area (Å²) < 4.78 is 14.3. The Morgan fingerprint density at radius 3 is 2.20 bits per heavy atom. The number of benzene rings is 3. The number of fused-ring (bicyclic) bond motifs is 2. The van der Waals surface area contributed by atoms with Crippen LogP contribution in [0, 0.1) is 0 Å². The summed E-state index contributed by atoms with van der Waals surface area (Å²) in [6.45, 7) is 4.59. The van der Waals surface area contributed by atoms with Crippen molar-refractivity contribution in [2.45, 2.75) is 27.8 Å². The molecule has 1 aliphatic heterocycles. The van der Waals surface area contributed by atoms with Crippen molar-refractivity contribution in [1.82, 2.24) is 9.88 Å². The van der Waals surface area contributed by atoms with Gasteiger partial charge in [-0.25, -0.2) is 4.98 Å². The Morgan fingerprint density at radius 1 is 0.739 bits per heavy atom. The summed E-state index contributed by atoms with van der Waals surface area (Å²) in [5.74, 6) is 1.44. The van der Waals surface area contributed by atoms with Crippen LogP contribution in [0.4, 0.5) is 5.69 Å². The van der Waals surface area contributed by atoms with E-state index in [4.69, 9.17) is 14.5 Å². The number of thiophene rings is 1. The van der Waals surface area contributed by atoms with Gasteiger partial charge in [-0.3, -0.25) is 0 Å². The largest absolute Gasteiger partial charge is 0.506 e. The number of ether oxygens (including phenoxy) is 2. The number of hydrogen-bond acceptors (Lipinski definition) is 6. The number of hydrogen-bond donors (Lipinski definition) is 0. The molecule has 6 rings (SSSR count). The highest BCUT2D eigenvalue weighted by molar-refractivity contribution is 7.17. The molecule has 3 aromatic carbocycles. The number of nitrogens with zero attached hydrogens (tertiary/aromatic N) is 3. The predicted octanol–water partition coefficient (Wildman–Crippen LogP) is -1.17. The van der Waals surface area contributed by atoms with Crippen LogP contribution >= 0.6 is 11.3 Å². The van der Waals surface area contributed by atoms with Crippen molar-refractivity contribution in [2.75, 3.05) is 31.1 Å². The maximum absolute atomic E-state index is 6.91. The molecule has 0 saturated carbocycles. The first-order valence-corrected chi connectivity index (χ1v) is 17.4. The zero-order chi connectivity index (χ0) is 32.7. The molecule has 14 heteroatoms. The van der Waals surface area contributed by atoms with Gasteiger partial charge in [0.1, 0.15) is 59.4 Å². The van der Waals surface area contributed by atoms with E-state index in [-0.39, 0.29) is 15.8 Å². The Morgan fingerprint density at radius 2 is 1.46 bits per heavy atom. The van der Waals surface area contributed by atoms with Crippen molar-refractivity contribution < 1.29 is 9.47 Å². The summed E-state index contributed by atoms with van der Waals surface area (Å²) in [5.41, 5.74) is 3.35. The fourth-order valence-electron chi connectivity index (χ4n) is 7.05. The Labute approximate surface area is 285 Å². The first kappa shape index (κ1) is 32.8. The normalized spacial score (nSPS) is 15.3. The third-order valence-corrected chi connectivity index (χ3v) is 12.6. The Kier molecular flexibility index (Phi) is 8.92. The van der Waals surface area contributed by atoms with Gasteiger partial charge in [0.2, 0.25) is 5.88 Å². The van der Waals surface area contributed by atoms with Gasteiger partial charge < -0.3 is 19.3 Å². The zero-order valence-corrected chi connectivity index (χ0v) is 29.6. The van der Waals surface area contributed by atoms with Crippen molar-refractivity contribution >= 4 is 101 Å². The lowest BCUT2D eigenvalue weighted by molar-refractivity contribution is 0.148. The molecule has 0 bridgehead atoms. The molecule has 0 atom stereocenters. The summed E-state index contributed by atoms with van der Waals surface area (Å²) in [4.78, 5) is 10.1. The standard InChI is InChI=1S/C32H41B8N3O2S/c33-29(34,31(37,38)43-16-14-42(15-17-43)26-7-4-8-27-24(26)13-18-46-27)30(35,36)32(39,40)45-23-11-9-22-10-12-28(41-25(22)19-23)44-20-21-5-2-1-3-6-21/h1-13,18-19H,14-17,20,33-40H2. The van der Waals surface area contributed by atoms with E-state index < -0.39 is 5.40 Å². The third kappa shape index (κ3) is 6.03. The number of piperazine rings is 1. The molecule has 5 nitrogen and oxygen atoms in total. The molecule has 1 aliphatic rings. The maximum atomic E-state index is 6.91. The molecule has 226 valence electrons. The minimum absolute atomic E-state index is 0.0758. The van der Waals surface area contributed by atoms with Crippen LogP contribution in [0.1, 0.15) is 5.56 Å². The van der Waals surface area contributed by atoms with Gasteiger partial charge in [-0.1, -0.05) is 46.8 Å². The fourth-order valence-corrected chi connectivity index (χ4v) is 7.86. The molecule has 46 heavy (non-hydrogen) atoms. The van der Waals surface area contributed by atoms with E-state index in [1.165, 1.54) is 15.8 Å². The lowest BCUT2D eigenvalue weighted by atomic mass is 9.14. The van der Waals surface area contributed by atoms with E-state index >= 15 is 0 Å². The van der Waals surface area contributed by atoms with Crippen LogP contribution in [0.5, 0.6) is 11.6 Å². The average Bonchev–Trinajstić information content (AvgIpc) is 3.53. The number of anilines is 1. The average molecular weight is 618 g/mol. The van der Waals surface area contributed by atoms with E-state index in [1.807, 2.05) is 41.7 Å². The van der Waals surface area contributed by atoms with E-state index in [0.29, 0.717) is 12.5 Å².